The van der Waals surface area contributed by atoms with Crippen molar-refractivity contribution in [2.75, 3.05) is 10.6 Å². The van der Waals surface area contributed by atoms with E-state index in [9.17, 15) is 4.79 Å². The molecule has 0 unspecified atom stereocenters. The minimum atomic E-state index is -0.381. The zero-order valence-corrected chi connectivity index (χ0v) is 16.3. The van der Waals surface area contributed by atoms with E-state index < -0.39 is 0 Å². The second-order valence-corrected chi connectivity index (χ2v) is 7.31. The predicted octanol–water partition coefficient (Wildman–Crippen LogP) is 6.77. The Morgan fingerprint density at radius 3 is 2.18 bits per heavy atom. The third kappa shape index (κ3) is 4.22. The summed E-state index contributed by atoms with van der Waals surface area (Å²) in [4.78, 5) is 16.7. The van der Waals surface area contributed by atoms with Gasteiger partial charge in [0.15, 0.2) is 5.13 Å². The van der Waals surface area contributed by atoms with Crippen LogP contribution in [0.4, 0.5) is 15.6 Å². The van der Waals surface area contributed by atoms with Gasteiger partial charge in [0.25, 0.3) is 0 Å². The van der Waals surface area contributed by atoms with Gasteiger partial charge in [-0.25, -0.2) is 9.78 Å². The number of carbonyl (C=O) groups excluding carboxylic acids is 1. The molecule has 0 saturated carbocycles. The largest absolute Gasteiger partial charge is 0.325 e. The van der Waals surface area contributed by atoms with Gasteiger partial charge in [0, 0.05) is 10.9 Å². The lowest BCUT2D eigenvalue weighted by molar-refractivity contribution is 0.262. The highest BCUT2D eigenvalue weighted by Crippen LogP contribution is 2.28. The number of para-hydroxylation sites is 1. The molecule has 0 fully saturated rings. The van der Waals surface area contributed by atoms with Crippen molar-refractivity contribution in [3.63, 3.8) is 0 Å². The predicted molar refractivity (Wildman–Crippen MR) is 117 cm³/mol. The number of hydrogen-bond donors (Lipinski definition) is 2. The summed E-state index contributed by atoms with van der Waals surface area (Å²) < 4.78 is 0. The molecular weight excluding hydrogens is 390 g/mol. The van der Waals surface area contributed by atoms with E-state index in [1.54, 1.807) is 12.1 Å². The van der Waals surface area contributed by atoms with E-state index in [2.05, 4.69) is 39.9 Å². The van der Waals surface area contributed by atoms with Crippen molar-refractivity contribution in [1.82, 2.24) is 4.98 Å². The van der Waals surface area contributed by atoms with Crippen LogP contribution in [0, 0.1) is 0 Å². The molecule has 1 heterocycles. The Labute approximate surface area is 171 Å². The number of hydrogen-bond acceptors (Lipinski definition) is 3. The molecule has 3 aromatic carbocycles. The molecule has 0 radical (unpaired) electrons. The van der Waals surface area contributed by atoms with Crippen LogP contribution in [-0.4, -0.2) is 11.0 Å². The summed E-state index contributed by atoms with van der Waals surface area (Å²) in [6.07, 6.45) is 0. The summed E-state index contributed by atoms with van der Waals surface area (Å²) in [6, 6.07) is 25.1. The van der Waals surface area contributed by atoms with Gasteiger partial charge in [-0.05, 0) is 23.3 Å². The third-order valence-corrected chi connectivity index (χ3v) is 5.22. The van der Waals surface area contributed by atoms with E-state index in [0.29, 0.717) is 15.8 Å². The molecule has 4 aromatic rings. The molecule has 2 N–H and O–H groups in total. The van der Waals surface area contributed by atoms with Crippen molar-refractivity contribution in [2.24, 2.45) is 0 Å². The highest BCUT2D eigenvalue weighted by atomic mass is 35.5. The molecule has 0 spiro atoms. The van der Waals surface area contributed by atoms with Crippen LogP contribution in [0.5, 0.6) is 0 Å². The molecule has 138 valence electrons. The second-order valence-electron chi connectivity index (χ2n) is 6.04. The van der Waals surface area contributed by atoms with Crippen molar-refractivity contribution in [3.05, 3.63) is 89.3 Å². The summed E-state index contributed by atoms with van der Waals surface area (Å²) >= 11 is 7.43. The molecule has 0 aliphatic carbocycles. The van der Waals surface area contributed by atoms with Gasteiger partial charge >= 0.3 is 6.03 Å². The number of aromatic nitrogens is 1. The molecule has 4 nitrogen and oxygen atoms in total. The average molecular weight is 406 g/mol. The van der Waals surface area contributed by atoms with E-state index in [1.165, 1.54) is 16.9 Å². The molecule has 6 heteroatoms. The minimum absolute atomic E-state index is 0.381. The molecule has 0 atom stereocenters. The van der Waals surface area contributed by atoms with Crippen molar-refractivity contribution in [1.29, 1.82) is 0 Å². The lowest BCUT2D eigenvalue weighted by Gasteiger charge is -2.06. The fraction of sp³-hybridized carbons (Fsp3) is 0. The summed E-state index contributed by atoms with van der Waals surface area (Å²) in [5.41, 5.74) is 4.69. The number of carbonyl (C=O) groups is 1. The van der Waals surface area contributed by atoms with Gasteiger partial charge < -0.3 is 5.32 Å². The summed E-state index contributed by atoms with van der Waals surface area (Å²) in [6.45, 7) is 0. The van der Waals surface area contributed by atoms with Crippen molar-refractivity contribution in [2.45, 2.75) is 0 Å². The lowest BCUT2D eigenvalue weighted by atomic mass is 10.0. The molecular formula is C22H16ClN3OS. The number of benzene rings is 3. The lowest BCUT2D eigenvalue weighted by Crippen LogP contribution is -2.19. The number of nitrogens with zero attached hydrogens (tertiary/aromatic N) is 1. The third-order valence-electron chi connectivity index (χ3n) is 4.13. The number of rotatable bonds is 4. The number of nitrogens with one attached hydrogen (secondary N) is 2. The smallest absolute Gasteiger partial charge is 0.306 e. The van der Waals surface area contributed by atoms with Crippen molar-refractivity contribution in [3.8, 4) is 22.4 Å². The average Bonchev–Trinajstić information content (AvgIpc) is 3.19. The summed E-state index contributed by atoms with van der Waals surface area (Å²) in [5.74, 6) is 0. The molecule has 4 rings (SSSR count). The number of anilines is 2. The molecule has 0 bridgehead atoms. The molecule has 2 amide bonds. The van der Waals surface area contributed by atoms with Crippen molar-refractivity contribution >= 4 is 39.8 Å². The van der Waals surface area contributed by atoms with Crippen LogP contribution in [0.2, 0.25) is 5.02 Å². The van der Waals surface area contributed by atoms with Gasteiger partial charge in [-0.1, -0.05) is 78.3 Å². The number of amides is 2. The van der Waals surface area contributed by atoms with Crippen LogP contribution in [0.25, 0.3) is 22.4 Å². The standard InChI is InChI=1S/C22H16ClN3OS/c23-18-8-4-5-9-19(18)24-21(27)26-22-25-20(14-28-22)17-12-10-16(11-13-17)15-6-2-1-3-7-15/h1-14H,(H2,24,25,26,27). The fourth-order valence-electron chi connectivity index (χ4n) is 2.74. The van der Waals surface area contributed by atoms with Gasteiger partial charge in [0.2, 0.25) is 0 Å². The normalized spacial score (nSPS) is 10.5. The maximum absolute atomic E-state index is 12.2. The van der Waals surface area contributed by atoms with Crippen LogP contribution >= 0.6 is 22.9 Å². The maximum atomic E-state index is 12.2. The highest BCUT2D eigenvalue weighted by molar-refractivity contribution is 7.14. The Hall–Kier alpha value is -3.15. The highest BCUT2D eigenvalue weighted by Gasteiger charge is 2.10. The Balaban J connectivity index is 1.44. The monoisotopic (exact) mass is 405 g/mol. The van der Waals surface area contributed by atoms with Crippen LogP contribution < -0.4 is 10.6 Å². The fourth-order valence-corrected chi connectivity index (χ4v) is 3.64. The van der Waals surface area contributed by atoms with E-state index in [0.717, 1.165) is 16.8 Å². The molecule has 0 saturated heterocycles. The number of halogens is 1. The Kier molecular flexibility index (Phi) is 5.37. The summed E-state index contributed by atoms with van der Waals surface area (Å²) in [7, 11) is 0. The van der Waals surface area contributed by atoms with E-state index in [1.807, 2.05) is 47.8 Å². The first-order chi connectivity index (χ1) is 13.7. The zero-order chi connectivity index (χ0) is 19.3. The summed E-state index contributed by atoms with van der Waals surface area (Å²) in [5, 5.41) is 8.38. The van der Waals surface area contributed by atoms with Crippen LogP contribution in [-0.2, 0) is 0 Å². The van der Waals surface area contributed by atoms with E-state index >= 15 is 0 Å². The first-order valence-electron chi connectivity index (χ1n) is 8.63. The quantitative estimate of drug-likeness (QED) is 0.393. The van der Waals surface area contributed by atoms with Gasteiger partial charge in [-0.2, -0.15) is 0 Å². The zero-order valence-electron chi connectivity index (χ0n) is 14.7. The van der Waals surface area contributed by atoms with Gasteiger partial charge in [0.05, 0.1) is 16.4 Å². The van der Waals surface area contributed by atoms with Crippen LogP contribution in [0.15, 0.2) is 84.2 Å². The van der Waals surface area contributed by atoms with Crippen LogP contribution in [0.1, 0.15) is 0 Å². The van der Waals surface area contributed by atoms with Crippen LogP contribution in [0.3, 0.4) is 0 Å². The van der Waals surface area contributed by atoms with Gasteiger partial charge in [-0.15, -0.1) is 11.3 Å². The second kappa shape index (κ2) is 8.25. The minimum Gasteiger partial charge on any atom is -0.306 e. The number of thiazole rings is 1. The van der Waals surface area contributed by atoms with Gasteiger partial charge in [0.1, 0.15) is 0 Å². The molecule has 1 aromatic heterocycles. The SMILES string of the molecule is O=C(Nc1nc(-c2ccc(-c3ccccc3)cc2)cs1)Nc1ccccc1Cl. The first-order valence-corrected chi connectivity index (χ1v) is 9.89. The first kappa shape index (κ1) is 18.2. The number of urea groups is 1. The van der Waals surface area contributed by atoms with Gasteiger partial charge in [-0.3, -0.25) is 5.32 Å². The Bertz CT molecular complexity index is 1090. The Morgan fingerprint density at radius 2 is 1.43 bits per heavy atom. The van der Waals surface area contributed by atoms with E-state index in [4.69, 9.17) is 11.6 Å². The van der Waals surface area contributed by atoms with E-state index in [-0.39, 0.29) is 6.03 Å². The molecule has 0 aliphatic heterocycles. The topological polar surface area (TPSA) is 54.0 Å². The Morgan fingerprint density at radius 1 is 0.786 bits per heavy atom. The maximum Gasteiger partial charge on any atom is 0.325 e. The van der Waals surface area contributed by atoms with Crippen molar-refractivity contribution < 1.29 is 4.79 Å². The molecule has 28 heavy (non-hydrogen) atoms. The molecule has 0 aliphatic rings.